The summed E-state index contributed by atoms with van der Waals surface area (Å²) >= 11 is 6.20. The number of esters is 1. The third-order valence-corrected chi connectivity index (χ3v) is 5.56. The predicted molar refractivity (Wildman–Crippen MR) is 117 cm³/mol. The first-order chi connectivity index (χ1) is 15.8. The Morgan fingerprint density at radius 3 is 2.45 bits per heavy atom. The summed E-state index contributed by atoms with van der Waals surface area (Å²) in [6, 6.07) is 13.6. The van der Waals surface area contributed by atoms with E-state index in [0.717, 1.165) is 23.8 Å². The second-order valence-corrected chi connectivity index (χ2v) is 7.85. The average molecular weight is 480 g/mol. The Balaban J connectivity index is 1.52. The molecule has 1 saturated heterocycles. The van der Waals surface area contributed by atoms with Crippen LogP contribution >= 0.6 is 11.6 Å². The molecule has 33 heavy (non-hydrogen) atoms. The largest absolute Gasteiger partial charge is 0.461 e. The molecular formula is C23H21ClF3N3O3. The van der Waals surface area contributed by atoms with E-state index in [2.05, 4.69) is 10.00 Å². The normalized spacial score (nSPS) is 14.9. The molecule has 1 aliphatic heterocycles. The van der Waals surface area contributed by atoms with Gasteiger partial charge in [-0.25, -0.2) is 9.48 Å². The molecule has 4 rings (SSSR count). The molecule has 0 aliphatic carbocycles. The number of aromatic nitrogens is 2. The van der Waals surface area contributed by atoms with E-state index >= 15 is 0 Å². The van der Waals surface area contributed by atoms with Gasteiger partial charge in [-0.3, -0.25) is 4.90 Å². The third-order valence-electron chi connectivity index (χ3n) is 5.24. The van der Waals surface area contributed by atoms with Crippen molar-refractivity contribution >= 4 is 17.6 Å². The van der Waals surface area contributed by atoms with E-state index in [9.17, 15) is 18.0 Å². The van der Waals surface area contributed by atoms with E-state index in [1.165, 1.54) is 12.1 Å². The second-order valence-electron chi connectivity index (χ2n) is 7.44. The molecule has 0 spiro atoms. The highest BCUT2D eigenvalue weighted by Gasteiger charge is 2.35. The molecule has 174 valence electrons. The minimum Gasteiger partial charge on any atom is -0.461 e. The molecule has 1 fully saturated rings. The standard InChI is InChI=1S/C23H21ClF3N3O3/c24-18-3-1-2-4-19(18)30-20(15-21(28-30)23(25,26)27)16-5-7-17(8-6-16)22(31)33-14-11-29-9-12-32-13-10-29/h1-8,15H,9-14H2. The number of hydrogen-bond acceptors (Lipinski definition) is 5. The second kappa shape index (κ2) is 9.94. The maximum atomic E-state index is 13.4. The predicted octanol–water partition coefficient (Wildman–Crippen LogP) is 4.70. The van der Waals surface area contributed by atoms with Crippen LogP contribution in [0.5, 0.6) is 0 Å². The lowest BCUT2D eigenvalue weighted by molar-refractivity contribution is -0.141. The number of ether oxygens (including phenoxy) is 2. The van der Waals surface area contributed by atoms with Gasteiger partial charge in [-0.15, -0.1) is 0 Å². The van der Waals surface area contributed by atoms with Crippen molar-refractivity contribution in [1.29, 1.82) is 0 Å². The summed E-state index contributed by atoms with van der Waals surface area (Å²) < 4.78 is 51.8. The minimum atomic E-state index is -4.62. The number of alkyl halides is 3. The van der Waals surface area contributed by atoms with Crippen molar-refractivity contribution in [1.82, 2.24) is 14.7 Å². The molecule has 2 heterocycles. The lowest BCUT2D eigenvalue weighted by Crippen LogP contribution is -2.38. The molecule has 10 heteroatoms. The zero-order valence-corrected chi connectivity index (χ0v) is 18.3. The van der Waals surface area contributed by atoms with Crippen molar-refractivity contribution in [3.05, 3.63) is 70.9 Å². The monoisotopic (exact) mass is 479 g/mol. The number of carbonyl (C=O) groups is 1. The molecule has 3 aromatic rings. The highest BCUT2D eigenvalue weighted by atomic mass is 35.5. The first-order valence-electron chi connectivity index (χ1n) is 10.3. The average Bonchev–Trinajstić information content (AvgIpc) is 3.26. The van der Waals surface area contributed by atoms with Crippen molar-refractivity contribution in [2.75, 3.05) is 39.5 Å². The van der Waals surface area contributed by atoms with E-state index < -0.39 is 17.8 Å². The van der Waals surface area contributed by atoms with Gasteiger partial charge in [0.25, 0.3) is 0 Å². The summed E-state index contributed by atoms with van der Waals surface area (Å²) in [6.07, 6.45) is -4.62. The summed E-state index contributed by atoms with van der Waals surface area (Å²) in [5, 5.41) is 3.99. The SMILES string of the molecule is O=C(OCCN1CCOCC1)c1ccc(-c2cc(C(F)(F)F)nn2-c2ccccc2Cl)cc1. The van der Waals surface area contributed by atoms with Crippen LogP contribution in [0.1, 0.15) is 16.1 Å². The number of halogens is 4. The highest BCUT2D eigenvalue weighted by molar-refractivity contribution is 6.32. The molecule has 0 unspecified atom stereocenters. The molecule has 1 aliphatic rings. The molecule has 0 radical (unpaired) electrons. The molecule has 0 bridgehead atoms. The van der Waals surface area contributed by atoms with E-state index in [-0.39, 0.29) is 17.3 Å². The van der Waals surface area contributed by atoms with Crippen molar-refractivity contribution in [3.63, 3.8) is 0 Å². The van der Waals surface area contributed by atoms with Crippen molar-refractivity contribution in [3.8, 4) is 16.9 Å². The Morgan fingerprint density at radius 2 is 1.79 bits per heavy atom. The number of benzene rings is 2. The Morgan fingerprint density at radius 1 is 1.09 bits per heavy atom. The zero-order valence-electron chi connectivity index (χ0n) is 17.5. The van der Waals surface area contributed by atoms with E-state index in [4.69, 9.17) is 21.1 Å². The van der Waals surface area contributed by atoms with Gasteiger partial charge in [0.15, 0.2) is 5.69 Å². The van der Waals surface area contributed by atoms with Gasteiger partial charge < -0.3 is 9.47 Å². The van der Waals surface area contributed by atoms with Crippen LogP contribution in [-0.4, -0.2) is 60.1 Å². The molecule has 1 aromatic heterocycles. The highest BCUT2D eigenvalue weighted by Crippen LogP contribution is 2.34. The Bertz CT molecular complexity index is 1110. The van der Waals surface area contributed by atoms with Crippen LogP contribution in [0.4, 0.5) is 13.2 Å². The number of nitrogens with zero attached hydrogens (tertiary/aromatic N) is 3. The summed E-state index contributed by atoms with van der Waals surface area (Å²) in [5.41, 5.74) is 0.228. The molecule has 2 aromatic carbocycles. The quantitative estimate of drug-likeness (QED) is 0.480. The van der Waals surface area contributed by atoms with Crippen molar-refractivity contribution in [2.24, 2.45) is 0 Å². The number of hydrogen-bond donors (Lipinski definition) is 0. The van der Waals surface area contributed by atoms with Gasteiger partial charge in [-0.2, -0.15) is 18.3 Å². The van der Waals surface area contributed by atoms with Crippen LogP contribution in [0.2, 0.25) is 5.02 Å². The number of rotatable bonds is 6. The molecule has 0 saturated carbocycles. The van der Waals surface area contributed by atoms with Crippen LogP contribution in [0.15, 0.2) is 54.6 Å². The van der Waals surface area contributed by atoms with Crippen molar-refractivity contribution < 1.29 is 27.4 Å². The van der Waals surface area contributed by atoms with Crippen molar-refractivity contribution in [2.45, 2.75) is 6.18 Å². The number of carbonyl (C=O) groups excluding carboxylic acids is 1. The Labute approximate surface area is 193 Å². The maximum absolute atomic E-state index is 13.4. The molecule has 0 N–H and O–H groups in total. The summed E-state index contributed by atoms with van der Waals surface area (Å²) in [7, 11) is 0. The van der Waals surface area contributed by atoms with E-state index in [0.29, 0.717) is 36.6 Å². The fraction of sp³-hybridized carbons (Fsp3) is 0.304. The van der Waals surface area contributed by atoms with Gasteiger partial charge in [0.2, 0.25) is 0 Å². The molecule has 0 amide bonds. The fourth-order valence-corrected chi connectivity index (χ4v) is 3.70. The molecule has 6 nitrogen and oxygen atoms in total. The Hall–Kier alpha value is -2.88. The number of para-hydroxylation sites is 1. The van der Waals surface area contributed by atoms with Gasteiger partial charge >= 0.3 is 12.1 Å². The van der Waals surface area contributed by atoms with Gasteiger partial charge in [-0.05, 0) is 30.3 Å². The fourth-order valence-electron chi connectivity index (χ4n) is 3.49. The summed E-state index contributed by atoms with van der Waals surface area (Å²) in [4.78, 5) is 14.5. The van der Waals surface area contributed by atoms with Crippen LogP contribution in [-0.2, 0) is 15.7 Å². The van der Waals surface area contributed by atoms with Gasteiger partial charge in [0, 0.05) is 25.2 Å². The van der Waals surface area contributed by atoms with Crippen LogP contribution in [0.3, 0.4) is 0 Å². The topological polar surface area (TPSA) is 56.6 Å². The lowest BCUT2D eigenvalue weighted by Gasteiger charge is -2.26. The summed E-state index contributed by atoms with van der Waals surface area (Å²) in [5.74, 6) is -0.495. The lowest BCUT2D eigenvalue weighted by atomic mass is 10.1. The van der Waals surface area contributed by atoms with E-state index in [1.807, 2.05) is 0 Å². The van der Waals surface area contributed by atoms with Gasteiger partial charge in [0.05, 0.1) is 35.2 Å². The zero-order chi connectivity index (χ0) is 23.4. The summed E-state index contributed by atoms with van der Waals surface area (Å²) in [6.45, 7) is 3.78. The number of morpholine rings is 1. The smallest absolute Gasteiger partial charge is 0.435 e. The van der Waals surface area contributed by atoms with Crippen LogP contribution in [0, 0.1) is 0 Å². The van der Waals surface area contributed by atoms with Crippen LogP contribution in [0.25, 0.3) is 16.9 Å². The van der Waals surface area contributed by atoms with Crippen LogP contribution < -0.4 is 0 Å². The van der Waals surface area contributed by atoms with Gasteiger partial charge in [-0.1, -0.05) is 35.9 Å². The molecule has 0 atom stereocenters. The van der Waals surface area contributed by atoms with E-state index in [1.54, 1.807) is 36.4 Å². The maximum Gasteiger partial charge on any atom is 0.435 e. The first kappa shape index (κ1) is 23.3. The first-order valence-corrected chi connectivity index (χ1v) is 10.7. The molecular weight excluding hydrogens is 459 g/mol. The Kier molecular flexibility index (Phi) is 7.02. The third kappa shape index (κ3) is 5.55. The van der Waals surface area contributed by atoms with Gasteiger partial charge in [0.1, 0.15) is 6.61 Å². The minimum absolute atomic E-state index is 0.197.